The summed E-state index contributed by atoms with van der Waals surface area (Å²) >= 11 is 2.83. The first-order chi connectivity index (χ1) is 15.1. The van der Waals surface area contributed by atoms with E-state index in [1.807, 2.05) is 43.0 Å². The highest BCUT2D eigenvalue weighted by atomic mass is 32.2. The molecule has 0 atom stereocenters. The molecule has 2 heterocycles. The van der Waals surface area contributed by atoms with Gasteiger partial charge >= 0.3 is 0 Å². The van der Waals surface area contributed by atoms with E-state index in [0.29, 0.717) is 33.3 Å². The van der Waals surface area contributed by atoms with Crippen LogP contribution in [0, 0.1) is 6.92 Å². The van der Waals surface area contributed by atoms with Crippen LogP contribution in [0.25, 0.3) is 6.08 Å². The molecule has 4 rings (SSSR count). The Kier molecular flexibility index (Phi) is 6.92. The molecule has 0 radical (unpaired) electrons. The molecular weight excluding hydrogens is 432 g/mol. The average Bonchev–Trinajstić information content (AvgIpc) is 3.32. The summed E-state index contributed by atoms with van der Waals surface area (Å²) in [6.07, 6.45) is 7.41. The molecule has 31 heavy (non-hydrogen) atoms. The highest BCUT2D eigenvalue weighted by Crippen LogP contribution is 2.39. The number of methoxy groups -OCH3 is 1. The van der Waals surface area contributed by atoms with Gasteiger partial charge in [0.1, 0.15) is 5.01 Å². The van der Waals surface area contributed by atoms with E-state index in [1.54, 1.807) is 7.11 Å². The van der Waals surface area contributed by atoms with Gasteiger partial charge in [0.25, 0.3) is 5.91 Å². The summed E-state index contributed by atoms with van der Waals surface area (Å²) in [4.78, 5) is 20.6. The summed E-state index contributed by atoms with van der Waals surface area (Å²) < 4.78 is 11.1. The van der Waals surface area contributed by atoms with Crippen molar-refractivity contribution >= 4 is 45.4 Å². The maximum Gasteiger partial charge on any atom is 0.267 e. The summed E-state index contributed by atoms with van der Waals surface area (Å²) in [6, 6.07) is 5.88. The number of ether oxygens (including phenoxy) is 2. The van der Waals surface area contributed by atoms with E-state index in [9.17, 15) is 4.79 Å². The summed E-state index contributed by atoms with van der Waals surface area (Å²) in [5, 5.41) is 10.3. The first-order valence-electron chi connectivity index (χ1n) is 10.5. The van der Waals surface area contributed by atoms with Gasteiger partial charge in [-0.2, -0.15) is 4.99 Å². The van der Waals surface area contributed by atoms with Crippen LogP contribution >= 0.6 is 23.1 Å². The minimum Gasteiger partial charge on any atom is -0.493 e. The lowest BCUT2D eigenvalue weighted by atomic mass is 9.94. The van der Waals surface area contributed by atoms with Crippen molar-refractivity contribution in [2.24, 2.45) is 4.99 Å². The SMILES string of the molecule is CCOc1ccc(/C=C2\S/C(=N/c3nnc(C)s3)N(C3CCCCC3)C2=O)cc1OC. The largest absolute Gasteiger partial charge is 0.493 e. The Bertz CT molecular complexity index is 1010. The van der Waals surface area contributed by atoms with Crippen LogP contribution in [-0.2, 0) is 4.79 Å². The molecule has 1 aliphatic carbocycles. The third-order valence-corrected chi connectivity index (χ3v) is 6.98. The summed E-state index contributed by atoms with van der Waals surface area (Å²) in [5.74, 6) is 1.34. The molecular formula is C22H26N4O3S2. The smallest absolute Gasteiger partial charge is 0.267 e. The molecule has 0 spiro atoms. The first kappa shape index (κ1) is 21.8. The highest BCUT2D eigenvalue weighted by molar-refractivity contribution is 8.18. The zero-order valence-electron chi connectivity index (χ0n) is 18.0. The molecule has 1 aliphatic heterocycles. The second-order valence-electron chi connectivity index (χ2n) is 7.42. The van der Waals surface area contributed by atoms with Gasteiger partial charge in [-0.1, -0.05) is 36.7 Å². The zero-order chi connectivity index (χ0) is 21.8. The molecule has 9 heteroatoms. The standard InChI is InChI=1S/C22H26N4O3S2/c1-4-29-17-11-10-15(12-18(17)28-3)13-19-20(27)26(16-8-6-5-7-9-16)22(31-19)23-21-25-24-14(2)30-21/h10-13,16H,4-9H2,1-3H3/b19-13-,23-22+. The minimum absolute atomic E-state index is 0.00439. The van der Waals surface area contributed by atoms with Crippen molar-refractivity contribution in [3.8, 4) is 11.5 Å². The van der Waals surface area contributed by atoms with E-state index in [0.717, 1.165) is 36.3 Å². The number of hydrogen-bond donors (Lipinski definition) is 0. The number of nitrogens with zero attached hydrogens (tertiary/aromatic N) is 4. The molecule has 2 fully saturated rings. The monoisotopic (exact) mass is 458 g/mol. The van der Waals surface area contributed by atoms with E-state index in [4.69, 9.17) is 14.5 Å². The Morgan fingerprint density at radius 1 is 1.23 bits per heavy atom. The normalized spacial score (nSPS) is 20.1. The Morgan fingerprint density at radius 3 is 2.71 bits per heavy atom. The van der Waals surface area contributed by atoms with Crippen molar-refractivity contribution in [3.05, 3.63) is 33.7 Å². The summed E-state index contributed by atoms with van der Waals surface area (Å²) in [6.45, 7) is 4.40. The zero-order valence-corrected chi connectivity index (χ0v) is 19.6. The molecule has 2 aromatic rings. The highest BCUT2D eigenvalue weighted by Gasteiger charge is 2.39. The molecule has 2 aliphatic rings. The lowest BCUT2D eigenvalue weighted by molar-refractivity contribution is -0.124. The van der Waals surface area contributed by atoms with Crippen molar-refractivity contribution < 1.29 is 14.3 Å². The number of aliphatic imine (C=N–C) groups is 1. The quantitative estimate of drug-likeness (QED) is 0.555. The fourth-order valence-corrected chi connectivity index (χ4v) is 5.50. The molecule has 7 nitrogen and oxygen atoms in total. The fourth-order valence-electron chi connectivity index (χ4n) is 3.84. The van der Waals surface area contributed by atoms with Gasteiger partial charge in [-0.25, -0.2) is 0 Å². The Morgan fingerprint density at radius 2 is 2.03 bits per heavy atom. The number of hydrogen-bond acceptors (Lipinski definition) is 8. The van der Waals surface area contributed by atoms with Gasteiger partial charge in [0.15, 0.2) is 16.7 Å². The van der Waals surface area contributed by atoms with Gasteiger partial charge in [-0.3, -0.25) is 9.69 Å². The third kappa shape index (κ3) is 4.93. The fraction of sp³-hybridized carbons (Fsp3) is 0.455. The van der Waals surface area contributed by atoms with Crippen molar-refractivity contribution in [2.75, 3.05) is 13.7 Å². The number of benzene rings is 1. The van der Waals surface area contributed by atoms with Gasteiger partial charge in [-0.15, -0.1) is 10.2 Å². The van der Waals surface area contributed by atoms with Gasteiger partial charge in [0.05, 0.1) is 18.6 Å². The van der Waals surface area contributed by atoms with Gasteiger partial charge in [0, 0.05) is 6.04 Å². The van der Waals surface area contributed by atoms with Crippen LogP contribution in [0.3, 0.4) is 0 Å². The van der Waals surface area contributed by atoms with Crippen LogP contribution in [-0.4, -0.2) is 45.9 Å². The summed E-state index contributed by atoms with van der Waals surface area (Å²) in [5.41, 5.74) is 0.882. The predicted molar refractivity (Wildman–Crippen MR) is 125 cm³/mol. The lowest BCUT2D eigenvalue weighted by Crippen LogP contribution is -2.40. The summed E-state index contributed by atoms with van der Waals surface area (Å²) in [7, 11) is 1.61. The molecule has 0 unspecified atom stereocenters. The molecule has 1 aromatic heterocycles. The van der Waals surface area contributed by atoms with Gasteiger partial charge in [-0.05, 0) is 62.2 Å². The van der Waals surface area contributed by atoms with Crippen LogP contribution in [0.15, 0.2) is 28.1 Å². The van der Waals surface area contributed by atoms with E-state index in [1.165, 1.54) is 29.5 Å². The van der Waals surface area contributed by atoms with E-state index < -0.39 is 0 Å². The second kappa shape index (κ2) is 9.82. The van der Waals surface area contributed by atoms with Crippen LogP contribution in [0.1, 0.15) is 49.6 Å². The Labute approximate surface area is 190 Å². The maximum atomic E-state index is 13.4. The van der Waals surface area contributed by atoms with Crippen molar-refractivity contribution in [3.63, 3.8) is 0 Å². The number of amidine groups is 1. The molecule has 164 valence electrons. The number of carbonyl (C=O) groups is 1. The molecule has 0 bridgehead atoms. The Hall–Kier alpha value is -2.39. The number of thioether (sulfide) groups is 1. The predicted octanol–water partition coefficient (Wildman–Crippen LogP) is 5.19. The number of aromatic nitrogens is 2. The van der Waals surface area contributed by atoms with E-state index in [2.05, 4.69) is 10.2 Å². The second-order valence-corrected chi connectivity index (χ2v) is 9.59. The van der Waals surface area contributed by atoms with E-state index in [-0.39, 0.29) is 11.9 Å². The van der Waals surface area contributed by atoms with Crippen molar-refractivity contribution in [2.45, 2.75) is 52.0 Å². The number of rotatable bonds is 6. The molecule has 1 saturated heterocycles. The van der Waals surface area contributed by atoms with Crippen LogP contribution in [0.2, 0.25) is 0 Å². The molecule has 0 N–H and O–H groups in total. The molecule has 1 saturated carbocycles. The topological polar surface area (TPSA) is 76.9 Å². The van der Waals surface area contributed by atoms with Gasteiger partial charge in [0.2, 0.25) is 5.13 Å². The van der Waals surface area contributed by atoms with E-state index >= 15 is 0 Å². The minimum atomic E-state index is 0.00439. The van der Waals surface area contributed by atoms with Crippen molar-refractivity contribution in [1.82, 2.24) is 15.1 Å². The van der Waals surface area contributed by atoms with Gasteiger partial charge < -0.3 is 9.47 Å². The van der Waals surface area contributed by atoms with Crippen molar-refractivity contribution in [1.29, 1.82) is 0 Å². The maximum absolute atomic E-state index is 13.4. The molecule has 1 amide bonds. The third-order valence-electron chi connectivity index (χ3n) is 5.27. The van der Waals surface area contributed by atoms with Crippen LogP contribution in [0.4, 0.5) is 5.13 Å². The molecule has 1 aromatic carbocycles. The Balaban J connectivity index is 1.67. The van der Waals surface area contributed by atoms with Crippen LogP contribution in [0.5, 0.6) is 11.5 Å². The first-order valence-corrected chi connectivity index (χ1v) is 12.1. The average molecular weight is 459 g/mol. The van der Waals surface area contributed by atoms with Crippen LogP contribution < -0.4 is 9.47 Å². The number of carbonyl (C=O) groups excluding carboxylic acids is 1. The lowest BCUT2D eigenvalue weighted by Gasteiger charge is -2.30. The number of aryl methyl sites for hydroxylation is 1. The number of amides is 1.